The minimum Gasteiger partial charge on any atom is -0.497 e. The number of ether oxygens (including phenoxy) is 1. The number of nitrogens with zero attached hydrogens (tertiary/aromatic N) is 2. The van der Waals surface area contributed by atoms with Crippen LogP contribution in [0.25, 0.3) is 11.8 Å². The van der Waals surface area contributed by atoms with E-state index in [1.54, 1.807) is 24.5 Å². The first-order valence-corrected chi connectivity index (χ1v) is 9.67. The highest BCUT2D eigenvalue weighted by Gasteiger charge is 2.14. The lowest BCUT2D eigenvalue weighted by atomic mass is 10.1. The normalized spacial score (nSPS) is 11.1. The number of benzene rings is 1. The fraction of sp³-hybridized carbons (Fsp3) is 0.182. The molecule has 0 aliphatic rings. The second kappa shape index (κ2) is 8.59. The number of aromatic nitrogens is 1. The minimum atomic E-state index is -0.370. The number of carbonyl (C=O) groups excluding carboxylic acids is 1. The summed E-state index contributed by atoms with van der Waals surface area (Å²) in [6, 6.07) is 15.6. The molecule has 0 atom stereocenters. The molecule has 3 rings (SSSR count). The summed E-state index contributed by atoms with van der Waals surface area (Å²) in [4.78, 5) is 13.4. The van der Waals surface area contributed by atoms with Gasteiger partial charge in [-0.15, -0.1) is 11.3 Å². The van der Waals surface area contributed by atoms with Crippen molar-refractivity contribution >= 4 is 23.3 Å². The molecule has 0 saturated carbocycles. The van der Waals surface area contributed by atoms with Gasteiger partial charge in [-0.1, -0.05) is 6.07 Å². The fourth-order valence-electron chi connectivity index (χ4n) is 3.04. The van der Waals surface area contributed by atoms with Crippen molar-refractivity contribution < 1.29 is 9.53 Å². The van der Waals surface area contributed by atoms with Crippen molar-refractivity contribution in [2.45, 2.75) is 20.4 Å². The number of nitriles is 1. The van der Waals surface area contributed by atoms with Crippen molar-refractivity contribution in [3.8, 4) is 17.5 Å². The minimum absolute atomic E-state index is 0.0894. The smallest absolute Gasteiger partial charge is 0.262 e. The van der Waals surface area contributed by atoms with Gasteiger partial charge < -0.3 is 14.6 Å². The molecule has 0 aliphatic carbocycles. The number of aryl methyl sites for hydroxylation is 1. The Balaban J connectivity index is 1.85. The molecule has 5 nitrogen and oxygen atoms in total. The van der Waals surface area contributed by atoms with E-state index < -0.39 is 0 Å². The van der Waals surface area contributed by atoms with Gasteiger partial charge in [-0.05, 0) is 67.3 Å². The summed E-state index contributed by atoms with van der Waals surface area (Å²) in [6.07, 6.45) is 1.64. The number of thiophene rings is 1. The standard InChI is InChI=1S/C22H21N3O2S/c1-15-11-17(16(2)25(15)19-6-8-20(27-3)9-7-19)12-18(13-23)22(26)24-14-21-5-4-10-28-21/h4-12H,14H2,1-3H3,(H,24,26). The van der Waals surface area contributed by atoms with Gasteiger partial charge in [-0.25, -0.2) is 0 Å². The van der Waals surface area contributed by atoms with Crippen LogP contribution in [-0.4, -0.2) is 17.6 Å². The van der Waals surface area contributed by atoms with Crippen molar-refractivity contribution in [3.05, 3.63) is 75.2 Å². The van der Waals surface area contributed by atoms with Gasteiger partial charge in [0, 0.05) is 22.0 Å². The van der Waals surface area contributed by atoms with Gasteiger partial charge in [0.15, 0.2) is 0 Å². The second-order valence-corrected chi connectivity index (χ2v) is 7.32. The Hall–Kier alpha value is -3.30. The Labute approximate surface area is 168 Å². The molecule has 0 fully saturated rings. The quantitative estimate of drug-likeness (QED) is 0.501. The average Bonchev–Trinajstić information content (AvgIpc) is 3.32. The lowest BCUT2D eigenvalue weighted by Crippen LogP contribution is -2.23. The van der Waals surface area contributed by atoms with E-state index in [-0.39, 0.29) is 11.5 Å². The third kappa shape index (κ3) is 4.16. The molecule has 1 amide bonds. The average molecular weight is 391 g/mol. The first-order chi connectivity index (χ1) is 13.5. The van der Waals surface area contributed by atoms with E-state index in [1.165, 1.54) is 0 Å². The molecule has 0 aliphatic heterocycles. The maximum absolute atomic E-state index is 12.4. The molecule has 0 saturated heterocycles. The van der Waals surface area contributed by atoms with Crippen LogP contribution in [0.4, 0.5) is 0 Å². The molecule has 1 N–H and O–H groups in total. The molecule has 3 aromatic rings. The molecule has 6 heteroatoms. The van der Waals surface area contributed by atoms with Crippen molar-refractivity contribution in [2.75, 3.05) is 7.11 Å². The zero-order chi connectivity index (χ0) is 20.1. The van der Waals surface area contributed by atoms with E-state index in [2.05, 4.69) is 9.88 Å². The van der Waals surface area contributed by atoms with Crippen molar-refractivity contribution in [1.29, 1.82) is 5.26 Å². The van der Waals surface area contributed by atoms with Gasteiger partial charge in [0.1, 0.15) is 17.4 Å². The highest BCUT2D eigenvalue weighted by molar-refractivity contribution is 7.09. The molecule has 142 valence electrons. The van der Waals surface area contributed by atoms with Crippen LogP contribution in [0.3, 0.4) is 0 Å². The summed E-state index contributed by atoms with van der Waals surface area (Å²) >= 11 is 1.57. The predicted octanol–water partition coefficient (Wildman–Crippen LogP) is 4.39. The molecule has 1 aromatic carbocycles. The van der Waals surface area contributed by atoms with E-state index in [1.807, 2.05) is 67.8 Å². The van der Waals surface area contributed by atoms with E-state index in [0.29, 0.717) is 6.54 Å². The van der Waals surface area contributed by atoms with Crippen molar-refractivity contribution in [2.24, 2.45) is 0 Å². The molecule has 0 radical (unpaired) electrons. The predicted molar refractivity (Wildman–Crippen MR) is 112 cm³/mol. The van der Waals surface area contributed by atoms with E-state index in [0.717, 1.165) is 33.3 Å². The lowest BCUT2D eigenvalue weighted by Gasteiger charge is -2.10. The van der Waals surface area contributed by atoms with Gasteiger partial charge in [-0.2, -0.15) is 5.26 Å². The van der Waals surface area contributed by atoms with Gasteiger partial charge in [0.05, 0.1) is 13.7 Å². The number of nitrogens with one attached hydrogen (secondary N) is 1. The zero-order valence-corrected chi connectivity index (χ0v) is 16.8. The largest absolute Gasteiger partial charge is 0.497 e. The number of methoxy groups -OCH3 is 1. The fourth-order valence-corrected chi connectivity index (χ4v) is 3.69. The molecule has 0 bridgehead atoms. The zero-order valence-electron chi connectivity index (χ0n) is 16.0. The number of hydrogen-bond acceptors (Lipinski definition) is 4. The van der Waals surface area contributed by atoms with Crippen LogP contribution in [0.5, 0.6) is 5.75 Å². The Morgan fingerprint density at radius 1 is 1.29 bits per heavy atom. The number of rotatable bonds is 6. The monoisotopic (exact) mass is 391 g/mol. The van der Waals surface area contributed by atoms with Crippen LogP contribution >= 0.6 is 11.3 Å². The lowest BCUT2D eigenvalue weighted by molar-refractivity contribution is -0.117. The third-order valence-electron chi connectivity index (χ3n) is 4.47. The summed E-state index contributed by atoms with van der Waals surface area (Å²) in [5.74, 6) is 0.422. The molecule has 0 spiro atoms. The Morgan fingerprint density at radius 2 is 2.04 bits per heavy atom. The van der Waals surface area contributed by atoms with E-state index >= 15 is 0 Å². The SMILES string of the molecule is COc1ccc(-n2c(C)cc(C=C(C#N)C(=O)NCc3cccs3)c2C)cc1. The first kappa shape index (κ1) is 19.5. The molecule has 2 aromatic heterocycles. The maximum atomic E-state index is 12.4. The number of amides is 1. The van der Waals surface area contributed by atoms with Crippen LogP contribution in [-0.2, 0) is 11.3 Å². The van der Waals surface area contributed by atoms with E-state index in [4.69, 9.17) is 4.74 Å². The first-order valence-electron chi connectivity index (χ1n) is 8.79. The van der Waals surface area contributed by atoms with Gasteiger partial charge in [0.25, 0.3) is 5.91 Å². The number of hydrogen-bond donors (Lipinski definition) is 1. The highest BCUT2D eigenvalue weighted by atomic mass is 32.1. The third-order valence-corrected chi connectivity index (χ3v) is 5.35. The summed E-state index contributed by atoms with van der Waals surface area (Å²) in [6.45, 7) is 4.39. The van der Waals surface area contributed by atoms with Gasteiger partial charge >= 0.3 is 0 Å². The summed E-state index contributed by atoms with van der Waals surface area (Å²) in [7, 11) is 1.64. The van der Waals surface area contributed by atoms with Crippen LogP contribution < -0.4 is 10.1 Å². The molecule has 0 unspecified atom stereocenters. The second-order valence-electron chi connectivity index (χ2n) is 6.29. The highest BCUT2D eigenvalue weighted by Crippen LogP contribution is 2.24. The Morgan fingerprint density at radius 3 is 2.64 bits per heavy atom. The summed E-state index contributed by atoms with van der Waals surface area (Å²) < 4.78 is 7.30. The Kier molecular flexibility index (Phi) is 5.97. The van der Waals surface area contributed by atoms with Gasteiger partial charge in [0.2, 0.25) is 0 Å². The maximum Gasteiger partial charge on any atom is 0.262 e. The number of carbonyl (C=O) groups is 1. The molecular weight excluding hydrogens is 370 g/mol. The van der Waals surface area contributed by atoms with Gasteiger partial charge in [-0.3, -0.25) is 4.79 Å². The van der Waals surface area contributed by atoms with Crippen LogP contribution in [0.2, 0.25) is 0 Å². The molecule has 2 heterocycles. The summed E-state index contributed by atoms with van der Waals surface area (Å²) in [5, 5.41) is 14.2. The van der Waals surface area contributed by atoms with Crippen LogP contribution in [0, 0.1) is 25.2 Å². The van der Waals surface area contributed by atoms with Crippen molar-refractivity contribution in [3.63, 3.8) is 0 Å². The molecular formula is C22H21N3O2S. The van der Waals surface area contributed by atoms with Crippen LogP contribution in [0.15, 0.2) is 53.4 Å². The van der Waals surface area contributed by atoms with Crippen molar-refractivity contribution in [1.82, 2.24) is 9.88 Å². The van der Waals surface area contributed by atoms with E-state index in [9.17, 15) is 10.1 Å². The molecule has 28 heavy (non-hydrogen) atoms. The Bertz CT molecular complexity index is 1040. The topological polar surface area (TPSA) is 67.0 Å². The summed E-state index contributed by atoms with van der Waals surface area (Å²) in [5.41, 5.74) is 3.91. The van der Waals surface area contributed by atoms with Crippen LogP contribution in [0.1, 0.15) is 21.8 Å².